The van der Waals surface area contributed by atoms with Crippen molar-refractivity contribution < 1.29 is 14.3 Å². The molecule has 2 N–H and O–H groups in total. The van der Waals surface area contributed by atoms with Crippen LogP contribution in [0, 0.1) is 0 Å². The number of hydrogen-bond acceptors (Lipinski definition) is 4. The van der Waals surface area contributed by atoms with Crippen molar-refractivity contribution in [2.24, 2.45) is 5.73 Å². The summed E-state index contributed by atoms with van der Waals surface area (Å²) in [5.74, 6) is 0.0742. The van der Waals surface area contributed by atoms with Gasteiger partial charge >= 0.3 is 0 Å². The third-order valence-corrected chi connectivity index (χ3v) is 4.76. The predicted molar refractivity (Wildman–Crippen MR) is 97.7 cm³/mol. The smallest absolute Gasteiger partial charge is 0.253 e. The summed E-state index contributed by atoms with van der Waals surface area (Å²) in [5.41, 5.74) is 6.31. The normalized spacial score (nSPS) is 23.7. The number of rotatable bonds is 3. The van der Waals surface area contributed by atoms with Crippen molar-refractivity contribution in [3.63, 3.8) is 0 Å². The van der Waals surface area contributed by atoms with Gasteiger partial charge in [-0.1, -0.05) is 18.2 Å². The molecule has 2 aliphatic heterocycles. The Bertz CT molecular complexity index is 584. The van der Waals surface area contributed by atoms with Gasteiger partial charge in [-0.15, -0.1) is 12.4 Å². The lowest BCUT2D eigenvalue weighted by molar-refractivity contribution is -0.142. The molecular formula is C18H26ClN3O3. The molecule has 0 spiro atoms. The lowest BCUT2D eigenvalue weighted by Gasteiger charge is -2.24. The third-order valence-electron chi connectivity index (χ3n) is 4.76. The van der Waals surface area contributed by atoms with Crippen molar-refractivity contribution >= 4 is 24.2 Å². The van der Waals surface area contributed by atoms with Gasteiger partial charge in [0.25, 0.3) is 11.8 Å². The van der Waals surface area contributed by atoms with E-state index in [1.165, 1.54) is 0 Å². The van der Waals surface area contributed by atoms with Crippen molar-refractivity contribution in [3.05, 3.63) is 35.9 Å². The molecule has 2 heterocycles. The summed E-state index contributed by atoms with van der Waals surface area (Å²) in [6.45, 7) is 2.93. The van der Waals surface area contributed by atoms with Crippen LogP contribution in [0.3, 0.4) is 0 Å². The third kappa shape index (κ3) is 4.71. The fourth-order valence-electron chi connectivity index (χ4n) is 3.37. The lowest BCUT2D eigenvalue weighted by Crippen LogP contribution is -2.42. The number of benzene rings is 1. The summed E-state index contributed by atoms with van der Waals surface area (Å²) in [6, 6.07) is 9.29. The van der Waals surface area contributed by atoms with Crippen LogP contribution in [0.4, 0.5) is 0 Å². The first-order valence-electron chi connectivity index (χ1n) is 8.67. The summed E-state index contributed by atoms with van der Waals surface area (Å²) in [5, 5.41) is 0. The lowest BCUT2D eigenvalue weighted by atomic mass is 10.2. The van der Waals surface area contributed by atoms with E-state index in [0.29, 0.717) is 38.3 Å². The minimum atomic E-state index is -0.366. The first-order valence-corrected chi connectivity index (χ1v) is 8.67. The largest absolute Gasteiger partial charge is 0.364 e. The highest BCUT2D eigenvalue weighted by atomic mass is 35.5. The summed E-state index contributed by atoms with van der Waals surface area (Å²) in [7, 11) is 0. The Kier molecular flexibility index (Phi) is 7.23. The number of amides is 2. The van der Waals surface area contributed by atoms with Gasteiger partial charge in [0, 0.05) is 38.3 Å². The molecule has 0 aliphatic carbocycles. The molecule has 0 unspecified atom stereocenters. The predicted octanol–water partition coefficient (Wildman–Crippen LogP) is 1.29. The Hall–Kier alpha value is -1.63. The highest BCUT2D eigenvalue weighted by Gasteiger charge is 2.33. The quantitative estimate of drug-likeness (QED) is 0.873. The van der Waals surface area contributed by atoms with Gasteiger partial charge in [-0.3, -0.25) is 9.59 Å². The van der Waals surface area contributed by atoms with E-state index < -0.39 is 0 Å². The van der Waals surface area contributed by atoms with Gasteiger partial charge in [0.15, 0.2) is 0 Å². The van der Waals surface area contributed by atoms with E-state index in [4.69, 9.17) is 10.5 Å². The number of carbonyl (C=O) groups is 2. The Morgan fingerprint density at radius 3 is 2.40 bits per heavy atom. The summed E-state index contributed by atoms with van der Waals surface area (Å²) >= 11 is 0. The van der Waals surface area contributed by atoms with Crippen molar-refractivity contribution in [1.82, 2.24) is 9.80 Å². The standard InChI is InChI=1S/C18H25N3O3.ClH/c19-13-15-7-8-16(24-15)18(23)21-10-4-9-20(11-12-21)17(22)14-5-2-1-3-6-14;/h1-3,5-6,15-16H,4,7-13,19H2;1H/t15-,16+;/m1./s1. The second-order valence-electron chi connectivity index (χ2n) is 6.40. The number of nitrogens with zero attached hydrogens (tertiary/aromatic N) is 2. The first-order chi connectivity index (χ1) is 11.7. The second-order valence-corrected chi connectivity index (χ2v) is 6.40. The first kappa shape index (κ1) is 19.7. The molecule has 0 saturated carbocycles. The molecule has 1 aromatic rings. The molecule has 0 bridgehead atoms. The van der Waals surface area contributed by atoms with Crippen LogP contribution in [0.25, 0.3) is 0 Å². The van der Waals surface area contributed by atoms with E-state index in [-0.39, 0.29) is 36.4 Å². The van der Waals surface area contributed by atoms with Crippen molar-refractivity contribution in [2.45, 2.75) is 31.5 Å². The van der Waals surface area contributed by atoms with Gasteiger partial charge in [-0.2, -0.15) is 0 Å². The van der Waals surface area contributed by atoms with Crippen LogP contribution in [0.1, 0.15) is 29.6 Å². The molecule has 0 radical (unpaired) electrons. The maximum absolute atomic E-state index is 12.6. The summed E-state index contributed by atoms with van der Waals surface area (Å²) < 4.78 is 5.71. The number of carbonyl (C=O) groups excluding carboxylic acids is 2. The monoisotopic (exact) mass is 367 g/mol. The molecule has 1 aromatic carbocycles. The molecule has 2 saturated heterocycles. The van der Waals surface area contributed by atoms with Crippen LogP contribution in [0.15, 0.2) is 30.3 Å². The minimum Gasteiger partial charge on any atom is -0.364 e. The molecule has 0 aromatic heterocycles. The zero-order valence-corrected chi connectivity index (χ0v) is 15.1. The van der Waals surface area contributed by atoms with Gasteiger partial charge in [0.2, 0.25) is 0 Å². The van der Waals surface area contributed by atoms with Gasteiger partial charge < -0.3 is 20.3 Å². The minimum absolute atomic E-state index is 0. The van der Waals surface area contributed by atoms with Crippen molar-refractivity contribution in [1.29, 1.82) is 0 Å². The summed E-state index contributed by atoms with van der Waals surface area (Å²) in [6.07, 6.45) is 2.01. The molecule has 3 rings (SSSR count). The van der Waals surface area contributed by atoms with Crippen molar-refractivity contribution in [3.8, 4) is 0 Å². The van der Waals surface area contributed by atoms with Gasteiger partial charge in [-0.25, -0.2) is 0 Å². The van der Waals surface area contributed by atoms with Gasteiger partial charge in [0.1, 0.15) is 6.10 Å². The number of hydrogen-bond donors (Lipinski definition) is 1. The molecule has 7 heteroatoms. The maximum atomic E-state index is 12.6. The molecule has 2 amide bonds. The highest BCUT2D eigenvalue weighted by Crippen LogP contribution is 2.21. The van der Waals surface area contributed by atoms with Crippen LogP contribution in [-0.4, -0.2) is 66.5 Å². The molecular weight excluding hydrogens is 342 g/mol. The maximum Gasteiger partial charge on any atom is 0.253 e. The molecule has 138 valence electrons. The molecule has 2 fully saturated rings. The Morgan fingerprint density at radius 1 is 1.04 bits per heavy atom. The Morgan fingerprint density at radius 2 is 1.72 bits per heavy atom. The van der Waals surface area contributed by atoms with E-state index in [1.54, 1.807) is 0 Å². The van der Waals surface area contributed by atoms with Crippen LogP contribution in [-0.2, 0) is 9.53 Å². The summed E-state index contributed by atoms with van der Waals surface area (Å²) in [4.78, 5) is 28.8. The van der Waals surface area contributed by atoms with Crippen LogP contribution < -0.4 is 5.73 Å². The Balaban J connectivity index is 0.00000225. The van der Waals surface area contributed by atoms with Crippen LogP contribution in [0.5, 0.6) is 0 Å². The van der Waals surface area contributed by atoms with Crippen LogP contribution in [0.2, 0.25) is 0 Å². The highest BCUT2D eigenvalue weighted by molar-refractivity contribution is 5.94. The number of halogens is 1. The molecule has 6 nitrogen and oxygen atoms in total. The van der Waals surface area contributed by atoms with Gasteiger partial charge in [-0.05, 0) is 31.4 Å². The zero-order valence-electron chi connectivity index (χ0n) is 14.3. The SMILES string of the molecule is Cl.NC[C@H]1CC[C@@H](C(=O)N2CCCN(C(=O)c3ccccc3)CC2)O1. The molecule has 2 aliphatic rings. The van der Waals surface area contributed by atoms with E-state index in [0.717, 1.165) is 19.3 Å². The van der Waals surface area contributed by atoms with E-state index in [9.17, 15) is 9.59 Å². The van der Waals surface area contributed by atoms with E-state index in [1.807, 2.05) is 40.1 Å². The van der Waals surface area contributed by atoms with E-state index in [2.05, 4.69) is 0 Å². The van der Waals surface area contributed by atoms with E-state index >= 15 is 0 Å². The fourth-order valence-corrected chi connectivity index (χ4v) is 3.37. The molecule has 2 atom stereocenters. The topological polar surface area (TPSA) is 75.9 Å². The van der Waals surface area contributed by atoms with Crippen molar-refractivity contribution in [2.75, 3.05) is 32.7 Å². The zero-order chi connectivity index (χ0) is 16.9. The van der Waals surface area contributed by atoms with Crippen LogP contribution >= 0.6 is 12.4 Å². The Labute approximate surface area is 154 Å². The number of ether oxygens (including phenoxy) is 1. The second kappa shape index (κ2) is 9.17. The molecule has 25 heavy (non-hydrogen) atoms. The fraction of sp³-hybridized carbons (Fsp3) is 0.556. The number of nitrogens with two attached hydrogens (primary N) is 1. The average molecular weight is 368 g/mol. The van der Waals surface area contributed by atoms with Gasteiger partial charge in [0.05, 0.1) is 6.10 Å². The average Bonchev–Trinajstić information content (AvgIpc) is 2.98.